The molecule has 0 aliphatic heterocycles. The van der Waals surface area contributed by atoms with Crippen molar-refractivity contribution < 1.29 is 17.9 Å². The molecule has 3 aromatic rings. The number of sulfonamides is 1. The predicted octanol–water partition coefficient (Wildman–Crippen LogP) is 5.29. The Morgan fingerprint density at radius 3 is 2.09 bits per heavy atom. The molecular weight excluding hydrogens is 448 g/mol. The molecule has 0 saturated carbocycles. The summed E-state index contributed by atoms with van der Waals surface area (Å²) in [6.45, 7) is 11.8. The van der Waals surface area contributed by atoms with E-state index in [1.165, 1.54) is 23.3 Å². The van der Waals surface area contributed by atoms with Crippen molar-refractivity contribution in [2.75, 3.05) is 11.3 Å². The molecule has 0 heterocycles. The molecule has 0 unspecified atom stereocenters. The van der Waals surface area contributed by atoms with Gasteiger partial charge in [-0.2, -0.15) is 0 Å². The van der Waals surface area contributed by atoms with Crippen LogP contribution in [0.25, 0.3) is 0 Å². The summed E-state index contributed by atoms with van der Waals surface area (Å²) >= 11 is 0. The summed E-state index contributed by atoms with van der Waals surface area (Å²) in [5.74, 6) is 0.161. The number of nitrogens with one attached hydrogen (secondary N) is 2. The second kappa shape index (κ2) is 10.3. The fourth-order valence-electron chi connectivity index (χ4n) is 3.69. The molecule has 0 radical (unpaired) electrons. The lowest BCUT2D eigenvalue weighted by Crippen LogP contribution is -2.31. The number of carbonyl (C=O) groups is 1. The summed E-state index contributed by atoms with van der Waals surface area (Å²) in [6.07, 6.45) is 0. The van der Waals surface area contributed by atoms with Gasteiger partial charge in [-0.05, 0) is 111 Å². The topological polar surface area (TPSA) is 84.5 Å². The molecular formula is C27H32N2O4S. The lowest BCUT2D eigenvalue weighted by molar-refractivity contribution is -0.123. The lowest BCUT2D eigenvalue weighted by atomic mass is 9.96. The molecule has 34 heavy (non-hydrogen) atoms. The predicted molar refractivity (Wildman–Crippen MR) is 136 cm³/mol. The molecule has 1 atom stereocenters. The van der Waals surface area contributed by atoms with Crippen LogP contribution in [-0.2, 0) is 14.8 Å². The second-order valence-electron chi connectivity index (χ2n) is 8.75. The molecule has 3 rings (SSSR count). The van der Waals surface area contributed by atoms with E-state index in [1.807, 2.05) is 33.8 Å². The first-order valence-corrected chi connectivity index (χ1v) is 12.6. The molecule has 180 valence electrons. The molecule has 0 aromatic heterocycles. The molecule has 7 heteroatoms. The third-order valence-corrected chi connectivity index (χ3v) is 7.39. The summed E-state index contributed by atoms with van der Waals surface area (Å²) in [4.78, 5) is 12.5. The Labute approximate surface area is 202 Å². The van der Waals surface area contributed by atoms with E-state index in [0.717, 1.165) is 22.3 Å². The largest absolute Gasteiger partial charge is 0.484 e. The van der Waals surface area contributed by atoms with E-state index >= 15 is 0 Å². The van der Waals surface area contributed by atoms with Crippen LogP contribution in [0.1, 0.15) is 46.3 Å². The third-order valence-electron chi connectivity index (χ3n) is 5.99. The van der Waals surface area contributed by atoms with Crippen LogP contribution in [0.4, 0.5) is 5.69 Å². The van der Waals surface area contributed by atoms with Gasteiger partial charge in [-0.1, -0.05) is 18.2 Å². The Morgan fingerprint density at radius 1 is 0.824 bits per heavy atom. The molecule has 0 spiro atoms. The summed E-state index contributed by atoms with van der Waals surface area (Å²) < 4.78 is 33.5. The first-order valence-electron chi connectivity index (χ1n) is 11.2. The average Bonchev–Trinajstić information content (AvgIpc) is 2.77. The van der Waals surface area contributed by atoms with E-state index in [1.54, 1.807) is 24.3 Å². The van der Waals surface area contributed by atoms with Crippen molar-refractivity contribution in [2.24, 2.45) is 0 Å². The quantitative estimate of drug-likeness (QED) is 0.459. The molecule has 1 amide bonds. The van der Waals surface area contributed by atoms with Gasteiger partial charge in [0.2, 0.25) is 0 Å². The highest BCUT2D eigenvalue weighted by molar-refractivity contribution is 7.92. The van der Waals surface area contributed by atoms with Crippen molar-refractivity contribution in [3.63, 3.8) is 0 Å². The van der Waals surface area contributed by atoms with Gasteiger partial charge in [-0.25, -0.2) is 8.42 Å². The van der Waals surface area contributed by atoms with Crippen LogP contribution >= 0.6 is 0 Å². The molecule has 2 N–H and O–H groups in total. The van der Waals surface area contributed by atoms with E-state index in [-0.39, 0.29) is 23.5 Å². The van der Waals surface area contributed by atoms with Crippen LogP contribution in [0.2, 0.25) is 0 Å². The summed E-state index contributed by atoms with van der Waals surface area (Å²) in [6, 6.07) is 15.5. The van der Waals surface area contributed by atoms with E-state index in [9.17, 15) is 13.2 Å². The minimum absolute atomic E-state index is 0.112. The van der Waals surface area contributed by atoms with Crippen LogP contribution in [0.5, 0.6) is 5.75 Å². The van der Waals surface area contributed by atoms with E-state index in [2.05, 4.69) is 36.0 Å². The van der Waals surface area contributed by atoms with Gasteiger partial charge in [0.05, 0.1) is 10.9 Å². The maximum atomic E-state index is 12.7. The fraction of sp³-hybridized carbons (Fsp3) is 0.296. The number of hydrogen-bond donors (Lipinski definition) is 2. The number of hydrogen-bond acceptors (Lipinski definition) is 4. The van der Waals surface area contributed by atoms with E-state index in [4.69, 9.17) is 4.74 Å². The SMILES string of the molecule is Cc1ccc(NS(=O)(=O)c2ccc(OCC(=O)N[C@@H](C)c3cc(C)c(C)cc3C)cc2)cc1C. The van der Waals surface area contributed by atoms with Gasteiger partial charge in [-0.3, -0.25) is 9.52 Å². The normalized spacial score (nSPS) is 12.2. The van der Waals surface area contributed by atoms with Gasteiger partial charge in [0, 0.05) is 5.69 Å². The van der Waals surface area contributed by atoms with E-state index in [0.29, 0.717) is 11.4 Å². The number of amides is 1. The number of benzene rings is 3. The highest BCUT2D eigenvalue weighted by atomic mass is 32.2. The zero-order chi connectivity index (χ0) is 25.0. The van der Waals surface area contributed by atoms with Gasteiger partial charge in [0.1, 0.15) is 5.75 Å². The molecule has 0 bridgehead atoms. The second-order valence-corrected chi connectivity index (χ2v) is 10.4. The van der Waals surface area contributed by atoms with Crippen molar-refractivity contribution in [3.05, 3.63) is 88.0 Å². The third kappa shape index (κ3) is 6.17. The van der Waals surface area contributed by atoms with Gasteiger partial charge >= 0.3 is 0 Å². The number of carbonyl (C=O) groups excluding carboxylic acids is 1. The minimum Gasteiger partial charge on any atom is -0.484 e. The van der Waals surface area contributed by atoms with Crippen LogP contribution in [0.3, 0.4) is 0 Å². The lowest BCUT2D eigenvalue weighted by Gasteiger charge is -2.18. The maximum Gasteiger partial charge on any atom is 0.261 e. The Kier molecular flexibility index (Phi) is 7.67. The smallest absolute Gasteiger partial charge is 0.261 e. The molecule has 0 fully saturated rings. The van der Waals surface area contributed by atoms with Crippen LogP contribution in [0.15, 0.2) is 59.5 Å². The standard InChI is InChI=1S/C27H32N2O4S/c1-17-7-8-23(14-19(17)3)29-34(31,32)25-11-9-24(10-12-25)33-16-27(30)28-22(6)26-15-20(4)18(2)13-21(26)5/h7-15,22,29H,16H2,1-6H3,(H,28,30)/t22-/m0/s1. The maximum absolute atomic E-state index is 12.7. The highest BCUT2D eigenvalue weighted by Gasteiger charge is 2.16. The Bertz CT molecular complexity index is 1300. The van der Waals surface area contributed by atoms with Crippen molar-refractivity contribution in [3.8, 4) is 5.75 Å². The summed E-state index contributed by atoms with van der Waals surface area (Å²) in [7, 11) is -3.73. The Morgan fingerprint density at radius 2 is 1.44 bits per heavy atom. The fourth-order valence-corrected chi connectivity index (χ4v) is 4.74. The number of anilines is 1. The average molecular weight is 481 g/mol. The van der Waals surface area contributed by atoms with Crippen LogP contribution in [0, 0.1) is 34.6 Å². The summed E-state index contributed by atoms with van der Waals surface area (Å²) in [5.41, 5.74) is 7.20. The van der Waals surface area contributed by atoms with Gasteiger partial charge in [0.15, 0.2) is 6.61 Å². The monoisotopic (exact) mass is 480 g/mol. The molecule has 3 aromatic carbocycles. The van der Waals surface area contributed by atoms with Crippen molar-refractivity contribution in [1.82, 2.24) is 5.32 Å². The van der Waals surface area contributed by atoms with Crippen molar-refractivity contribution >= 4 is 21.6 Å². The number of ether oxygens (including phenoxy) is 1. The van der Waals surface area contributed by atoms with Crippen LogP contribution < -0.4 is 14.8 Å². The number of aryl methyl sites for hydroxylation is 5. The van der Waals surface area contributed by atoms with Gasteiger partial charge in [-0.15, -0.1) is 0 Å². The Balaban J connectivity index is 1.58. The molecule has 6 nitrogen and oxygen atoms in total. The molecule has 0 aliphatic carbocycles. The van der Waals surface area contributed by atoms with Gasteiger partial charge in [0.25, 0.3) is 15.9 Å². The first kappa shape index (κ1) is 25.3. The highest BCUT2D eigenvalue weighted by Crippen LogP contribution is 2.23. The minimum atomic E-state index is -3.73. The van der Waals surface area contributed by atoms with Crippen molar-refractivity contribution in [1.29, 1.82) is 0 Å². The Hall–Kier alpha value is -3.32. The van der Waals surface area contributed by atoms with Crippen LogP contribution in [-0.4, -0.2) is 20.9 Å². The molecule has 0 saturated heterocycles. The van der Waals surface area contributed by atoms with E-state index < -0.39 is 10.0 Å². The summed E-state index contributed by atoms with van der Waals surface area (Å²) in [5, 5.41) is 2.96. The zero-order valence-corrected chi connectivity index (χ0v) is 21.3. The number of rotatable bonds is 8. The first-order chi connectivity index (χ1) is 16.0. The van der Waals surface area contributed by atoms with Gasteiger partial charge < -0.3 is 10.1 Å². The molecule has 0 aliphatic rings. The van der Waals surface area contributed by atoms with Crippen molar-refractivity contribution in [2.45, 2.75) is 52.5 Å². The zero-order valence-electron chi connectivity index (χ0n) is 20.5.